The molecular formula is C13H13FN2O2S. The van der Waals surface area contributed by atoms with Crippen molar-refractivity contribution in [3.05, 3.63) is 35.6 Å². The molecule has 0 aliphatic carbocycles. The SMILES string of the molecule is N=C1O[C@H]2CSC[C@H]2N1C(=O)Cc1ccc(F)cc1. The molecule has 2 fully saturated rings. The Morgan fingerprint density at radius 2 is 2.16 bits per heavy atom. The van der Waals surface area contributed by atoms with E-state index in [2.05, 4.69) is 0 Å². The fraction of sp³-hybridized carbons (Fsp3) is 0.385. The average Bonchev–Trinajstić information content (AvgIpc) is 2.91. The number of nitrogens with one attached hydrogen (secondary N) is 1. The molecule has 3 rings (SSSR count). The monoisotopic (exact) mass is 280 g/mol. The summed E-state index contributed by atoms with van der Waals surface area (Å²) in [5, 5.41) is 7.75. The number of rotatable bonds is 2. The summed E-state index contributed by atoms with van der Waals surface area (Å²) in [4.78, 5) is 13.7. The highest BCUT2D eigenvalue weighted by molar-refractivity contribution is 7.99. The Hall–Kier alpha value is -1.56. The van der Waals surface area contributed by atoms with Crippen molar-refractivity contribution >= 4 is 23.7 Å². The van der Waals surface area contributed by atoms with Gasteiger partial charge >= 0.3 is 0 Å². The van der Waals surface area contributed by atoms with Crippen molar-refractivity contribution in [3.63, 3.8) is 0 Å². The first kappa shape index (κ1) is 12.5. The van der Waals surface area contributed by atoms with Gasteiger partial charge in [-0.05, 0) is 17.7 Å². The van der Waals surface area contributed by atoms with Crippen molar-refractivity contribution in [2.24, 2.45) is 0 Å². The van der Waals surface area contributed by atoms with Crippen LogP contribution in [0.4, 0.5) is 4.39 Å². The lowest BCUT2D eigenvalue weighted by Crippen LogP contribution is -2.42. The number of thioether (sulfide) groups is 1. The number of carbonyl (C=O) groups is 1. The summed E-state index contributed by atoms with van der Waals surface area (Å²) < 4.78 is 18.2. The maximum Gasteiger partial charge on any atom is 0.292 e. The van der Waals surface area contributed by atoms with E-state index < -0.39 is 0 Å². The minimum Gasteiger partial charge on any atom is -0.459 e. The van der Waals surface area contributed by atoms with Gasteiger partial charge in [0, 0.05) is 11.5 Å². The molecule has 1 aromatic carbocycles. The number of fused-ring (bicyclic) bond motifs is 1. The van der Waals surface area contributed by atoms with Crippen LogP contribution < -0.4 is 0 Å². The second-order valence-electron chi connectivity index (χ2n) is 4.63. The zero-order valence-electron chi connectivity index (χ0n) is 10.1. The van der Waals surface area contributed by atoms with Crippen molar-refractivity contribution in [1.29, 1.82) is 5.41 Å². The Bertz CT molecular complexity index is 520. The molecule has 0 aromatic heterocycles. The highest BCUT2D eigenvalue weighted by atomic mass is 32.2. The number of carbonyl (C=O) groups excluding carboxylic acids is 1. The van der Waals surface area contributed by atoms with Crippen molar-refractivity contribution in [1.82, 2.24) is 4.90 Å². The molecule has 4 nitrogen and oxygen atoms in total. The number of benzene rings is 1. The van der Waals surface area contributed by atoms with E-state index in [1.807, 2.05) is 0 Å². The van der Waals surface area contributed by atoms with Gasteiger partial charge in [-0.15, -0.1) is 0 Å². The van der Waals surface area contributed by atoms with Crippen molar-refractivity contribution < 1.29 is 13.9 Å². The zero-order valence-corrected chi connectivity index (χ0v) is 11.0. The molecule has 6 heteroatoms. The van der Waals surface area contributed by atoms with Crippen LogP contribution in [0.15, 0.2) is 24.3 Å². The van der Waals surface area contributed by atoms with Crippen LogP contribution in [-0.2, 0) is 16.0 Å². The number of halogens is 1. The summed E-state index contributed by atoms with van der Waals surface area (Å²) in [7, 11) is 0. The topological polar surface area (TPSA) is 53.4 Å². The molecule has 2 heterocycles. The highest BCUT2D eigenvalue weighted by Gasteiger charge is 2.45. The lowest BCUT2D eigenvalue weighted by molar-refractivity contribution is -0.127. The van der Waals surface area contributed by atoms with Gasteiger partial charge in [0.15, 0.2) is 0 Å². The lowest BCUT2D eigenvalue weighted by Gasteiger charge is -2.19. The summed E-state index contributed by atoms with van der Waals surface area (Å²) in [6.45, 7) is 0. The fourth-order valence-corrected chi connectivity index (χ4v) is 3.65. The van der Waals surface area contributed by atoms with Crippen LogP contribution in [0.5, 0.6) is 0 Å². The first-order chi connectivity index (χ1) is 9.15. The number of amidine groups is 1. The molecular weight excluding hydrogens is 267 g/mol. The molecule has 19 heavy (non-hydrogen) atoms. The van der Waals surface area contributed by atoms with Crippen molar-refractivity contribution in [3.8, 4) is 0 Å². The van der Waals surface area contributed by atoms with Gasteiger partial charge in [-0.25, -0.2) is 4.39 Å². The maximum atomic E-state index is 12.8. The third kappa shape index (κ3) is 2.32. The van der Waals surface area contributed by atoms with Crippen molar-refractivity contribution in [2.75, 3.05) is 11.5 Å². The molecule has 0 spiro atoms. The first-order valence-corrected chi connectivity index (χ1v) is 7.20. The van der Waals surface area contributed by atoms with Crippen LogP contribution >= 0.6 is 11.8 Å². The van der Waals surface area contributed by atoms with E-state index >= 15 is 0 Å². The number of hydrogen-bond acceptors (Lipinski definition) is 4. The first-order valence-electron chi connectivity index (χ1n) is 6.04. The third-order valence-electron chi connectivity index (χ3n) is 3.35. The van der Waals surface area contributed by atoms with Crippen molar-refractivity contribution in [2.45, 2.75) is 18.6 Å². The van der Waals surface area contributed by atoms with E-state index in [0.717, 1.165) is 17.1 Å². The molecule has 0 bridgehead atoms. The quantitative estimate of drug-likeness (QED) is 0.896. The molecule has 0 radical (unpaired) electrons. The molecule has 0 saturated carbocycles. The van der Waals surface area contributed by atoms with Gasteiger partial charge in [-0.1, -0.05) is 12.1 Å². The summed E-state index contributed by atoms with van der Waals surface area (Å²) in [6.07, 6.45) is 0.120. The highest BCUT2D eigenvalue weighted by Crippen LogP contribution is 2.31. The Labute approximate surface area is 114 Å². The molecule has 2 saturated heterocycles. The molecule has 2 aliphatic heterocycles. The summed E-state index contributed by atoms with van der Waals surface area (Å²) in [5.41, 5.74) is 0.744. The van der Waals surface area contributed by atoms with Crippen LogP contribution in [-0.4, -0.2) is 40.5 Å². The molecule has 1 amide bonds. The number of nitrogens with zero attached hydrogens (tertiary/aromatic N) is 1. The van der Waals surface area contributed by atoms with E-state index in [9.17, 15) is 9.18 Å². The lowest BCUT2D eigenvalue weighted by atomic mass is 10.1. The molecule has 1 N–H and O–H groups in total. The van der Waals surface area contributed by atoms with Gasteiger partial charge in [0.1, 0.15) is 11.9 Å². The van der Waals surface area contributed by atoms with Gasteiger partial charge in [-0.3, -0.25) is 15.1 Å². The Morgan fingerprint density at radius 1 is 1.42 bits per heavy atom. The van der Waals surface area contributed by atoms with Gasteiger partial charge in [0.2, 0.25) is 5.91 Å². The second-order valence-corrected chi connectivity index (χ2v) is 5.71. The Morgan fingerprint density at radius 3 is 2.89 bits per heavy atom. The van der Waals surface area contributed by atoms with E-state index in [1.54, 1.807) is 23.9 Å². The Kier molecular flexibility index (Phi) is 3.18. The summed E-state index contributed by atoms with van der Waals surface area (Å²) >= 11 is 1.73. The zero-order chi connectivity index (χ0) is 13.4. The van der Waals surface area contributed by atoms with Crippen LogP contribution in [0.2, 0.25) is 0 Å². The molecule has 0 unspecified atom stereocenters. The smallest absolute Gasteiger partial charge is 0.292 e. The van der Waals surface area contributed by atoms with Gasteiger partial charge in [0.05, 0.1) is 12.5 Å². The predicted molar refractivity (Wildman–Crippen MR) is 70.7 cm³/mol. The van der Waals surface area contributed by atoms with E-state index in [1.165, 1.54) is 17.0 Å². The van der Waals surface area contributed by atoms with E-state index in [4.69, 9.17) is 10.1 Å². The number of amides is 1. The summed E-state index contributed by atoms with van der Waals surface area (Å²) in [5.74, 6) is 1.16. The number of hydrogen-bond donors (Lipinski definition) is 1. The average molecular weight is 280 g/mol. The van der Waals surface area contributed by atoms with Crippen LogP contribution in [0, 0.1) is 11.2 Å². The fourth-order valence-electron chi connectivity index (χ4n) is 2.39. The van der Waals surface area contributed by atoms with E-state index in [-0.39, 0.29) is 36.3 Å². The predicted octanol–water partition coefficient (Wildman–Crippen LogP) is 1.65. The maximum absolute atomic E-state index is 12.8. The molecule has 1 aromatic rings. The van der Waals surface area contributed by atoms with Crippen LogP contribution in [0.1, 0.15) is 5.56 Å². The normalized spacial score (nSPS) is 25.3. The second kappa shape index (κ2) is 4.85. The standard InChI is InChI=1S/C13H13FN2O2S/c14-9-3-1-8(2-4-9)5-12(17)16-10-6-19-7-11(10)18-13(16)15/h1-4,10-11,15H,5-7H2/t10-,11+/m1/s1. The largest absolute Gasteiger partial charge is 0.459 e. The molecule has 2 aliphatic rings. The summed E-state index contributed by atoms with van der Waals surface area (Å²) in [6, 6.07) is 5.78. The van der Waals surface area contributed by atoms with Gasteiger partial charge < -0.3 is 4.74 Å². The molecule has 2 atom stereocenters. The minimum absolute atomic E-state index is 0.0227. The van der Waals surface area contributed by atoms with Crippen LogP contribution in [0.25, 0.3) is 0 Å². The van der Waals surface area contributed by atoms with Crippen LogP contribution in [0.3, 0.4) is 0 Å². The number of ether oxygens (including phenoxy) is 1. The molecule has 100 valence electrons. The van der Waals surface area contributed by atoms with Gasteiger partial charge in [0.25, 0.3) is 6.02 Å². The van der Waals surface area contributed by atoms with Gasteiger partial charge in [-0.2, -0.15) is 11.8 Å². The van der Waals surface area contributed by atoms with E-state index in [0.29, 0.717) is 0 Å². The Balaban J connectivity index is 1.73. The third-order valence-corrected chi connectivity index (χ3v) is 4.49. The minimum atomic E-state index is -0.319.